The number of anilines is 1. The lowest BCUT2D eigenvalue weighted by molar-refractivity contribution is 0.0697. The highest BCUT2D eigenvalue weighted by Crippen LogP contribution is 2.30. The quantitative estimate of drug-likeness (QED) is 0.853. The largest absolute Gasteiger partial charge is 0.493 e. The Balaban J connectivity index is 1.66. The molecule has 1 heterocycles. The molecule has 2 amide bonds. The normalized spacial score (nSPS) is 14.5. The molecule has 3 rings (SSSR count). The molecule has 148 valence electrons. The summed E-state index contributed by atoms with van der Waals surface area (Å²) in [6.45, 7) is 3.80. The molecule has 1 aliphatic heterocycles. The average Bonchev–Trinajstić information content (AvgIpc) is 2.73. The number of rotatable bonds is 5. The van der Waals surface area contributed by atoms with Crippen LogP contribution in [0.25, 0.3) is 0 Å². The third-order valence-electron chi connectivity index (χ3n) is 5.11. The van der Waals surface area contributed by atoms with E-state index in [2.05, 4.69) is 12.2 Å². The zero-order chi connectivity index (χ0) is 20.1. The summed E-state index contributed by atoms with van der Waals surface area (Å²) in [5.74, 6) is 1.58. The number of benzene rings is 2. The molecule has 2 aromatic rings. The first-order valence-electron chi connectivity index (χ1n) is 9.44. The topological polar surface area (TPSA) is 67.9 Å². The van der Waals surface area contributed by atoms with Crippen LogP contribution in [0, 0.1) is 5.92 Å². The van der Waals surface area contributed by atoms with Crippen LogP contribution in [0.1, 0.15) is 40.5 Å². The molecule has 0 aromatic heterocycles. The number of ether oxygens (including phenoxy) is 2. The van der Waals surface area contributed by atoms with Gasteiger partial charge >= 0.3 is 0 Å². The lowest BCUT2D eigenvalue weighted by Gasteiger charge is -2.30. The number of nitrogens with zero attached hydrogens (tertiary/aromatic N) is 1. The van der Waals surface area contributed by atoms with Crippen molar-refractivity contribution in [3.05, 3.63) is 53.6 Å². The van der Waals surface area contributed by atoms with Crippen molar-refractivity contribution in [2.24, 2.45) is 5.92 Å². The van der Waals surface area contributed by atoms with Crippen molar-refractivity contribution in [3.63, 3.8) is 0 Å². The second-order valence-electron chi connectivity index (χ2n) is 7.08. The molecule has 0 radical (unpaired) electrons. The molecule has 0 atom stereocenters. The van der Waals surface area contributed by atoms with Gasteiger partial charge in [-0.1, -0.05) is 6.92 Å². The number of methoxy groups -OCH3 is 2. The number of piperidine rings is 1. The van der Waals surface area contributed by atoms with Gasteiger partial charge in [0.15, 0.2) is 11.5 Å². The van der Waals surface area contributed by atoms with Crippen molar-refractivity contribution < 1.29 is 19.1 Å². The van der Waals surface area contributed by atoms with Gasteiger partial charge in [-0.05, 0) is 55.2 Å². The first kappa shape index (κ1) is 19.7. The summed E-state index contributed by atoms with van der Waals surface area (Å²) < 4.78 is 10.5. The van der Waals surface area contributed by atoms with Crippen molar-refractivity contribution in [1.82, 2.24) is 4.90 Å². The van der Waals surface area contributed by atoms with Crippen molar-refractivity contribution in [1.29, 1.82) is 0 Å². The standard InChI is InChI=1S/C22H26N2O4/c1-15-10-12-24(13-11-15)22(26)17-6-4-16(5-7-17)21(25)23-18-8-9-19(27-2)20(14-18)28-3/h4-9,14-15H,10-13H2,1-3H3,(H,23,25). The van der Waals surface area contributed by atoms with Crippen LogP contribution in [-0.2, 0) is 0 Å². The van der Waals surface area contributed by atoms with Gasteiger partial charge in [-0.25, -0.2) is 0 Å². The fourth-order valence-electron chi connectivity index (χ4n) is 3.28. The highest BCUT2D eigenvalue weighted by atomic mass is 16.5. The molecule has 0 spiro atoms. The number of amides is 2. The van der Waals surface area contributed by atoms with Crippen LogP contribution in [0.4, 0.5) is 5.69 Å². The molecule has 1 aliphatic rings. The van der Waals surface area contributed by atoms with Crippen LogP contribution < -0.4 is 14.8 Å². The van der Waals surface area contributed by atoms with Crippen LogP contribution in [0.15, 0.2) is 42.5 Å². The molecule has 0 unspecified atom stereocenters. The number of carbonyl (C=O) groups excluding carboxylic acids is 2. The Bertz CT molecular complexity index is 840. The van der Waals surface area contributed by atoms with E-state index in [-0.39, 0.29) is 11.8 Å². The van der Waals surface area contributed by atoms with E-state index in [0.29, 0.717) is 34.2 Å². The average molecular weight is 382 g/mol. The van der Waals surface area contributed by atoms with Crippen molar-refractivity contribution in [3.8, 4) is 11.5 Å². The minimum Gasteiger partial charge on any atom is -0.493 e. The molecule has 1 saturated heterocycles. The molecule has 0 bridgehead atoms. The second-order valence-corrected chi connectivity index (χ2v) is 7.08. The summed E-state index contributed by atoms with van der Waals surface area (Å²) in [5.41, 5.74) is 1.70. The highest BCUT2D eigenvalue weighted by molar-refractivity contribution is 6.05. The molecule has 1 N–H and O–H groups in total. The molecule has 28 heavy (non-hydrogen) atoms. The maximum absolute atomic E-state index is 12.6. The Morgan fingerprint density at radius 1 is 0.929 bits per heavy atom. The summed E-state index contributed by atoms with van der Waals surface area (Å²) in [4.78, 5) is 27.0. The molecule has 6 heteroatoms. The Kier molecular flexibility index (Phi) is 6.19. The van der Waals surface area contributed by atoms with Gasteiger partial charge in [0, 0.05) is 36.0 Å². The Hall–Kier alpha value is -3.02. The zero-order valence-electron chi connectivity index (χ0n) is 16.5. The van der Waals surface area contributed by atoms with Gasteiger partial charge in [0.1, 0.15) is 0 Å². The van der Waals surface area contributed by atoms with E-state index in [1.165, 1.54) is 0 Å². The van der Waals surface area contributed by atoms with Gasteiger partial charge < -0.3 is 19.7 Å². The monoisotopic (exact) mass is 382 g/mol. The minimum atomic E-state index is -0.252. The maximum Gasteiger partial charge on any atom is 0.255 e. The number of likely N-dealkylation sites (tertiary alicyclic amines) is 1. The van der Waals surface area contributed by atoms with Gasteiger partial charge in [-0.2, -0.15) is 0 Å². The number of hydrogen-bond donors (Lipinski definition) is 1. The van der Waals surface area contributed by atoms with Crippen molar-refractivity contribution in [2.75, 3.05) is 32.6 Å². The summed E-state index contributed by atoms with van der Waals surface area (Å²) in [6, 6.07) is 12.0. The summed E-state index contributed by atoms with van der Waals surface area (Å²) in [7, 11) is 3.10. The van der Waals surface area contributed by atoms with Crippen LogP contribution in [0.2, 0.25) is 0 Å². The number of carbonyl (C=O) groups is 2. The lowest BCUT2D eigenvalue weighted by atomic mass is 9.98. The van der Waals surface area contributed by atoms with E-state index < -0.39 is 0 Å². The van der Waals surface area contributed by atoms with Gasteiger partial charge in [-0.15, -0.1) is 0 Å². The Labute approximate surface area is 165 Å². The SMILES string of the molecule is COc1ccc(NC(=O)c2ccc(C(=O)N3CCC(C)CC3)cc2)cc1OC. The number of nitrogens with one attached hydrogen (secondary N) is 1. The van der Waals surface area contributed by atoms with E-state index in [0.717, 1.165) is 25.9 Å². The Morgan fingerprint density at radius 3 is 2.14 bits per heavy atom. The predicted octanol–water partition coefficient (Wildman–Crippen LogP) is 3.83. The summed E-state index contributed by atoms with van der Waals surface area (Å²) >= 11 is 0. The first-order valence-corrected chi connectivity index (χ1v) is 9.44. The molecule has 0 aliphatic carbocycles. The van der Waals surface area contributed by atoms with E-state index >= 15 is 0 Å². The van der Waals surface area contributed by atoms with E-state index in [9.17, 15) is 9.59 Å². The second kappa shape index (κ2) is 8.78. The van der Waals surface area contributed by atoms with Gasteiger partial charge in [-0.3, -0.25) is 9.59 Å². The third-order valence-corrected chi connectivity index (χ3v) is 5.11. The maximum atomic E-state index is 12.6. The van der Waals surface area contributed by atoms with Gasteiger partial charge in [0.05, 0.1) is 14.2 Å². The zero-order valence-corrected chi connectivity index (χ0v) is 16.5. The van der Waals surface area contributed by atoms with Crippen molar-refractivity contribution >= 4 is 17.5 Å². The fraction of sp³-hybridized carbons (Fsp3) is 0.364. The molecule has 0 saturated carbocycles. The predicted molar refractivity (Wildman–Crippen MR) is 108 cm³/mol. The van der Waals surface area contributed by atoms with E-state index in [1.807, 2.05) is 4.90 Å². The lowest BCUT2D eigenvalue weighted by Crippen LogP contribution is -2.37. The molecular weight excluding hydrogens is 356 g/mol. The van der Waals surface area contributed by atoms with Gasteiger partial charge in [0.25, 0.3) is 11.8 Å². The smallest absolute Gasteiger partial charge is 0.255 e. The van der Waals surface area contributed by atoms with Crippen LogP contribution in [0.5, 0.6) is 11.5 Å². The summed E-state index contributed by atoms with van der Waals surface area (Å²) in [6.07, 6.45) is 2.08. The highest BCUT2D eigenvalue weighted by Gasteiger charge is 2.21. The summed E-state index contributed by atoms with van der Waals surface area (Å²) in [5, 5.41) is 2.83. The third kappa shape index (κ3) is 4.44. The minimum absolute atomic E-state index is 0.0266. The molecular formula is C22H26N2O4. The molecule has 1 fully saturated rings. The van der Waals surface area contributed by atoms with Crippen LogP contribution in [-0.4, -0.2) is 44.0 Å². The molecule has 2 aromatic carbocycles. The van der Waals surface area contributed by atoms with E-state index in [4.69, 9.17) is 9.47 Å². The van der Waals surface area contributed by atoms with Crippen LogP contribution >= 0.6 is 0 Å². The Morgan fingerprint density at radius 2 is 1.54 bits per heavy atom. The van der Waals surface area contributed by atoms with E-state index in [1.54, 1.807) is 56.7 Å². The first-order chi connectivity index (χ1) is 13.5. The number of hydrogen-bond acceptors (Lipinski definition) is 4. The molecule has 6 nitrogen and oxygen atoms in total. The van der Waals surface area contributed by atoms with Crippen molar-refractivity contribution in [2.45, 2.75) is 19.8 Å². The fourth-order valence-corrected chi connectivity index (χ4v) is 3.28. The van der Waals surface area contributed by atoms with Crippen LogP contribution in [0.3, 0.4) is 0 Å². The van der Waals surface area contributed by atoms with Gasteiger partial charge in [0.2, 0.25) is 0 Å².